The first-order valence-electron chi connectivity index (χ1n) is 16.5. The van der Waals surface area contributed by atoms with E-state index in [9.17, 15) is 10.1 Å². The molecule has 3 aliphatic rings. The molecular weight excluding hydrogens is 590 g/mol. The standard InChI is InChI=1S/C37H41N7O3/c1-41(2)26-37(17-18-37)47-35-39-32-24-42(33-14-8-12-28-11-6-7-13-30(28)33)20-16-31(32)34(40-35)43-21-22-44(29(23-43)15-19-38)36(45)46-25-27-9-4-3-5-10-27/h3-14,29H,15-18,20-26H2,1-2H3/t29-/m0/s1. The molecule has 4 aromatic rings. The highest BCUT2D eigenvalue weighted by Gasteiger charge is 2.47. The zero-order valence-electron chi connectivity index (χ0n) is 27.1. The fourth-order valence-electron chi connectivity index (χ4n) is 6.96. The van der Waals surface area contributed by atoms with Gasteiger partial charge in [-0.3, -0.25) is 0 Å². The summed E-state index contributed by atoms with van der Waals surface area (Å²) in [7, 11) is 4.12. The van der Waals surface area contributed by atoms with Crippen LogP contribution in [-0.4, -0.2) is 84.3 Å². The third-order valence-electron chi connectivity index (χ3n) is 9.40. The van der Waals surface area contributed by atoms with Crippen molar-refractivity contribution in [3.63, 3.8) is 0 Å². The third kappa shape index (κ3) is 6.67. The van der Waals surface area contributed by atoms with Crippen LogP contribution < -0.4 is 14.5 Å². The Morgan fingerprint density at radius 2 is 1.77 bits per heavy atom. The number of carbonyl (C=O) groups excluding carboxylic acids is 1. The number of likely N-dealkylation sites (N-methyl/N-ethyl adjacent to an activating group) is 1. The number of benzene rings is 3. The molecule has 1 saturated heterocycles. The van der Waals surface area contributed by atoms with Gasteiger partial charge in [-0.1, -0.05) is 66.7 Å². The Hall–Kier alpha value is -4.88. The van der Waals surface area contributed by atoms with Gasteiger partial charge < -0.3 is 29.1 Å². The second-order valence-electron chi connectivity index (χ2n) is 13.1. The summed E-state index contributed by atoms with van der Waals surface area (Å²) in [5.41, 5.74) is 3.92. The first-order valence-corrected chi connectivity index (χ1v) is 16.5. The number of amides is 1. The maximum absolute atomic E-state index is 13.2. The second kappa shape index (κ2) is 13.1. The Bertz CT molecular complexity index is 1780. The number of rotatable bonds is 9. The number of carbonyl (C=O) groups is 1. The molecule has 1 atom stereocenters. The van der Waals surface area contributed by atoms with Gasteiger partial charge in [0.1, 0.15) is 18.0 Å². The van der Waals surface area contributed by atoms with Crippen molar-refractivity contribution >= 4 is 28.4 Å². The number of nitrogens with zero attached hydrogens (tertiary/aromatic N) is 7. The van der Waals surface area contributed by atoms with Crippen molar-refractivity contribution in [1.82, 2.24) is 19.8 Å². The average molecular weight is 632 g/mol. The number of aromatic nitrogens is 2. The molecule has 0 radical (unpaired) electrons. The third-order valence-corrected chi connectivity index (χ3v) is 9.40. The van der Waals surface area contributed by atoms with Crippen LogP contribution in [0.5, 0.6) is 6.01 Å². The van der Waals surface area contributed by atoms with Gasteiger partial charge in [0.2, 0.25) is 0 Å². The van der Waals surface area contributed by atoms with Gasteiger partial charge in [0.25, 0.3) is 0 Å². The molecule has 0 bridgehead atoms. The Balaban J connectivity index is 1.17. The number of ether oxygens (including phenoxy) is 2. The van der Waals surface area contributed by atoms with Gasteiger partial charge in [0, 0.05) is 49.4 Å². The van der Waals surface area contributed by atoms with Crippen molar-refractivity contribution in [2.24, 2.45) is 0 Å². The minimum atomic E-state index is -0.396. The van der Waals surface area contributed by atoms with E-state index in [-0.39, 0.29) is 24.7 Å². The molecule has 1 saturated carbocycles. The molecule has 2 fully saturated rings. The Morgan fingerprint density at radius 3 is 2.55 bits per heavy atom. The van der Waals surface area contributed by atoms with E-state index in [0.717, 1.165) is 55.0 Å². The summed E-state index contributed by atoms with van der Waals surface area (Å²) in [5, 5.41) is 12.2. The monoisotopic (exact) mass is 631 g/mol. The number of hydrogen-bond acceptors (Lipinski definition) is 9. The van der Waals surface area contributed by atoms with E-state index < -0.39 is 6.09 Å². The Kier molecular flexibility index (Phi) is 8.56. The minimum Gasteiger partial charge on any atom is -0.455 e. The largest absolute Gasteiger partial charge is 0.455 e. The van der Waals surface area contributed by atoms with Crippen LogP contribution in [0.1, 0.15) is 36.1 Å². The Morgan fingerprint density at radius 1 is 0.979 bits per heavy atom. The van der Waals surface area contributed by atoms with Gasteiger partial charge in [-0.05, 0) is 50.4 Å². The summed E-state index contributed by atoms with van der Waals surface area (Å²) >= 11 is 0. The van der Waals surface area contributed by atoms with Gasteiger partial charge in [-0.15, -0.1) is 0 Å². The zero-order chi connectivity index (χ0) is 32.4. The molecule has 0 spiro atoms. The topological polar surface area (TPSA) is 98.1 Å². The Labute approximate surface area is 276 Å². The molecule has 7 rings (SSSR count). The first-order chi connectivity index (χ1) is 22.9. The number of nitriles is 1. The molecule has 1 amide bonds. The summed E-state index contributed by atoms with van der Waals surface area (Å²) in [6.45, 7) is 3.95. The molecule has 1 aliphatic carbocycles. The van der Waals surface area contributed by atoms with E-state index in [1.165, 1.54) is 16.5 Å². The van der Waals surface area contributed by atoms with Crippen LogP contribution in [-0.2, 0) is 24.3 Å². The fourth-order valence-corrected chi connectivity index (χ4v) is 6.96. The number of anilines is 2. The van der Waals surface area contributed by atoms with Crippen molar-refractivity contribution in [1.29, 1.82) is 5.26 Å². The minimum absolute atomic E-state index is 0.196. The normalized spacial score (nSPS) is 18.5. The van der Waals surface area contributed by atoms with Crippen LogP contribution in [0, 0.1) is 11.3 Å². The van der Waals surface area contributed by atoms with Crippen molar-refractivity contribution < 1.29 is 14.3 Å². The lowest BCUT2D eigenvalue weighted by Gasteiger charge is -2.42. The summed E-state index contributed by atoms with van der Waals surface area (Å²) in [4.78, 5) is 31.8. The predicted octanol–water partition coefficient (Wildman–Crippen LogP) is 5.41. The van der Waals surface area contributed by atoms with Crippen LogP contribution in [0.4, 0.5) is 16.3 Å². The van der Waals surface area contributed by atoms with Gasteiger partial charge >= 0.3 is 12.1 Å². The predicted molar refractivity (Wildman–Crippen MR) is 181 cm³/mol. The highest BCUT2D eigenvalue weighted by atomic mass is 16.6. The van der Waals surface area contributed by atoms with Crippen LogP contribution in [0.3, 0.4) is 0 Å². The second-order valence-corrected chi connectivity index (χ2v) is 13.1. The smallest absolute Gasteiger partial charge is 0.410 e. The highest BCUT2D eigenvalue weighted by Crippen LogP contribution is 2.41. The number of piperazine rings is 1. The number of fused-ring (bicyclic) bond motifs is 2. The van der Waals surface area contributed by atoms with E-state index in [1.807, 2.05) is 30.3 Å². The van der Waals surface area contributed by atoms with Crippen LogP contribution in [0.2, 0.25) is 0 Å². The summed E-state index contributed by atoms with van der Waals surface area (Å²) < 4.78 is 12.3. The molecule has 10 nitrogen and oxygen atoms in total. The van der Waals surface area contributed by atoms with Crippen molar-refractivity contribution in [2.45, 2.75) is 50.5 Å². The average Bonchev–Trinajstić information content (AvgIpc) is 3.84. The SMILES string of the molecule is CN(C)CC1(Oc2nc3c(c(N4CCN(C(=O)OCc5ccccc5)[C@@H](CC#N)C4)n2)CCN(c2cccc4ccccc24)C3)CC1. The maximum atomic E-state index is 13.2. The van der Waals surface area contributed by atoms with E-state index in [1.54, 1.807) is 4.90 Å². The molecule has 242 valence electrons. The molecule has 0 unspecified atom stereocenters. The molecule has 47 heavy (non-hydrogen) atoms. The van der Waals surface area contributed by atoms with E-state index >= 15 is 0 Å². The van der Waals surface area contributed by atoms with E-state index in [2.05, 4.69) is 77.3 Å². The zero-order valence-corrected chi connectivity index (χ0v) is 27.1. The lowest BCUT2D eigenvalue weighted by Crippen LogP contribution is -2.55. The molecule has 10 heteroatoms. The summed E-state index contributed by atoms with van der Waals surface area (Å²) in [6.07, 6.45) is 2.52. The molecule has 1 aromatic heterocycles. The van der Waals surface area contributed by atoms with Crippen molar-refractivity contribution in [2.75, 3.05) is 56.6 Å². The number of hydrogen-bond donors (Lipinski definition) is 0. The molecule has 0 N–H and O–H groups in total. The van der Waals surface area contributed by atoms with Crippen LogP contribution >= 0.6 is 0 Å². The highest BCUT2D eigenvalue weighted by molar-refractivity contribution is 5.94. The first kappa shape index (κ1) is 30.8. The van der Waals surface area contributed by atoms with E-state index in [0.29, 0.717) is 32.2 Å². The van der Waals surface area contributed by atoms with Gasteiger partial charge in [-0.25, -0.2) is 4.79 Å². The molecule has 3 aromatic carbocycles. The quantitative estimate of drug-likeness (QED) is 0.240. The lowest BCUT2D eigenvalue weighted by molar-refractivity contribution is 0.0766. The van der Waals surface area contributed by atoms with Gasteiger partial charge in [-0.2, -0.15) is 15.2 Å². The fraction of sp³-hybridized carbons (Fsp3) is 0.405. The summed E-state index contributed by atoms with van der Waals surface area (Å²) in [6, 6.07) is 27.0. The van der Waals surface area contributed by atoms with Crippen molar-refractivity contribution in [3.05, 3.63) is 89.6 Å². The summed E-state index contributed by atoms with van der Waals surface area (Å²) in [5.74, 6) is 0.850. The van der Waals surface area contributed by atoms with Gasteiger partial charge in [0.05, 0.1) is 30.8 Å². The van der Waals surface area contributed by atoms with Crippen LogP contribution in [0.25, 0.3) is 10.8 Å². The molecule has 3 heterocycles. The molecular formula is C37H41N7O3. The van der Waals surface area contributed by atoms with E-state index in [4.69, 9.17) is 19.4 Å². The van der Waals surface area contributed by atoms with Crippen LogP contribution in [0.15, 0.2) is 72.8 Å². The van der Waals surface area contributed by atoms with Crippen molar-refractivity contribution in [3.8, 4) is 12.1 Å². The maximum Gasteiger partial charge on any atom is 0.410 e. The molecule has 2 aliphatic heterocycles. The lowest BCUT2D eigenvalue weighted by atomic mass is 10.0. The van der Waals surface area contributed by atoms with Gasteiger partial charge in [0.15, 0.2) is 0 Å².